The van der Waals surface area contributed by atoms with E-state index in [4.69, 9.17) is 5.73 Å². The average Bonchev–Trinajstić information content (AvgIpc) is 2.58. The Kier molecular flexibility index (Phi) is 5.81. The lowest BCUT2D eigenvalue weighted by Crippen LogP contribution is -2.49. The first kappa shape index (κ1) is 16.2. The van der Waals surface area contributed by atoms with Crippen molar-refractivity contribution >= 4 is 0 Å². The van der Waals surface area contributed by atoms with Crippen molar-refractivity contribution in [1.82, 2.24) is 9.80 Å². The fourth-order valence-corrected chi connectivity index (χ4v) is 3.28. The Bertz CT molecular complexity index is 562. The van der Waals surface area contributed by atoms with E-state index in [1.807, 2.05) is 0 Å². The lowest BCUT2D eigenvalue weighted by molar-refractivity contribution is 0.122. The number of hydrogen-bond acceptors (Lipinski definition) is 3. The molecule has 2 aromatic rings. The zero-order valence-corrected chi connectivity index (χ0v) is 13.8. The van der Waals surface area contributed by atoms with Gasteiger partial charge < -0.3 is 5.73 Å². The van der Waals surface area contributed by atoms with Crippen LogP contribution in [-0.2, 0) is 13.0 Å². The van der Waals surface area contributed by atoms with Gasteiger partial charge in [-0.1, -0.05) is 60.7 Å². The molecule has 1 saturated heterocycles. The highest BCUT2D eigenvalue weighted by Crippen LogP contribution is 2.09. The first-order chi connectivity index (χ1) is 11.3. The summed E-state index contributed by atoms with van der Waals surface area (Å²) in [5, 5.41) is 0. The van der Waals surface area contributed by atoms with Gasteiger partial charge in [-0.3, -0.25) is 9.80 Å². The zero-order chi connectivity index (χ0) is 15.9. The SMILES string of the molecule is N[C@@H](Cc1ccccc1)CN1CCN(Cc2ccccc2)CC1. The van der Waals surface area contributed by atoms with Gasteiger partial charge in [0.05, 0.1) is 0 Å². The molecule has 0 saturated carbocycles. The molecule has 1 aliphatic rings. The minimum Gasteiger partial charge on any atom is -0.326 e. The molecule has 1 atom stereocenters. The average molecular weight is 309 g/mol. The van der Waals surface area contributed by atoms with E-state index in [2.05, 4.69) is 70.5 Å². The highest BCUT2D eigenvalue weighted by Gasteiger charge is 2.18. The first-order valence-electron chi connectivity index (χ1n) is 8.58. The Morgan fingerprint density at radius 2 is 1.26 bits per heavy atom. The molecule has 1 heterocycles. The van der Waals surface area contributed by atoms with Crippen molar-refractivity contribution in [2.24, 2.45) is 5.73 Å². The predicted molar refractivity (Wildman–Crippen MR) is 96.3 cm³/mol. The number of nitrogens with zero attached hydrogens (tertiary/aromatic N) is 2. The van der Waals surface area contributed by atoms with E-state index >= 15 is 0 Å². The minimum absolute atomic E-state index is 0.220. The van der Waals surface area contributed by atoms with Gasteiger partial charge in [0.25, 0.3) is 0 Å². The first-order valence-corrected chi connectivity index (χ1v) is 8.58. The molecule has 0 unspecified atom stereocenters. The van der Waals surface area contributed by atoms with Crippen LogP contribution in [0, 0.1) is 0 Å². The lowest BCUT2D eigenvalue weighted by atomic mass is 10.1. The Hall–Kier alpha value is -1.68. The van der Waals surface area contributed by atoms with Crippen LogP contribution in [0.3, 0.4) is 0 Å². The largest absolute Gasteiger partial charge is 0.326 e. The molecule has 122 valence electrons. The van der Waals surface area contributed by atoms with Gasteiger partial charge in [-0.05, 0) is 17.5 Å². The molecule has 3 rings (SSSR count). The third-order valence-electron chi connectivity index (χ3n) is 4.55. The van der Waals surface area contributed by atoms with Crippen LogP contribution in [0.15, 0.2) is 60.7 Å². The van der Waals surface area contributed by atoms with E-state index in [0.29, 0.717) is 0 Å². The van der Waals surface area contributed by atoms with Crippen molar-refractivity contribution in [2.75, 3.05) is 32.7 Å². The van der Waals surface area contributed by atoms with Gasteiger partial charge in [-0.15, -0.1) is 0 Å². The molecule has 3 heteroatoms. The molecule has 0 bridgehead atoms. The molecule has 0 amide bonds. The van der Waals surface area contributed by atoms with Crippen LogP contribution in [0.5, 0.6) is 0 Å². The maximum atomic E-state index is 6.34. The van der Waals surface area contributed by atoms with E-state index in [1.54, 1.807) is 0 Å². The Balaban J connectivity index is 1.40. The molecular formula is C20H27N3. The van der Waals surface area contributed by atoms with E-state index in [9.17, 15) is 0 Å². The summed E-state index contributed by atoms with van der Waals surface area (Å²) < 4.78 is 0. The molecule has 2 aromatic carbocycles. The summed E-state index contributed by atoms with van der Waals surface area (Å²) in [7, 11) is 0. The van der Waals surface area contributed by atoms with E-state index < -0.39 is 0 Å². The Morgan fingerprint density at radius 1 is 0.739 bits per heavy atom. The third kappa shape index (κ3) is 5.17. The topological polar surface area (TPSA) is 32.5 Å². The second-order valence-corrected chi connectivity index (χ2v) is 6.51. The maximum Gasteiger partial charge on any atom is 0.0234 e. The van der Waals surface area contributed by atoms with Crippen LogP contribution >= 0.6 is 0 Å². The maximum absolute atomic E-state index is 6.34. The van der Waals surface area contributed by atoms with Gasteiger partial charge in [0.2, 0.25) is 0 Å². The smallest absolute Gasteiger partial charge is 0.0234 e. The number of hydrogen-bond donors (Lipinski definition) is 1. The normalized spacial score (nSPS) is 18.0. The van der Waals surface area contributed by atoms with Crippen LogP contribution in [0.1, 0.15) is 11.1 Å². The van der Waals surface area contributed by atoms with Crippen molar-refractivity contribution < 1.29 is 0 Å². The summed E-state index contributed by atoms with van der Waals surface area (Å²) in [5.41, 5.74) is 9.08. The van der Waals surface area contributed by atoms with Gasteiger partial charge in [0.15, 0.2) is 0 Å². The lowest BCUT2D eigenvalue weighted by Gasteiger charge is -2.36. The molecule has 0 radical (unpaired) electrons. The monoisotopic (exact) mass is 309 g/mol. The predicted octanol–water partition coefficient (Wildman–Crippen LogP) is 2.37. The number of piperazine rings is 1. The molecule has 1 aliphatic heterocycles. The van der Waals surface area contributed by atoms with Crippen LogP contribution in [0.2, 0.25) is 0 Å². The summed E-state index contributed by atoms with van der Waals surface area (Å²) in [4.78, 5) is 5.05. The van der Waals surface area contributed by atoms with E-state index in [1.165, 1.54) is 11.1 Å². The van der Waals surface area contributed by atoms with Gasteiger partial charge >= 0.3 is 0 Å². The van der Waals surface area contributed by atoms with Crippen LogP contribution in [-0.4, -0.2) is 48.6 Å². The Morgan fingerprint density at radius 3 is 1.87 bits per heavy atom. The molecule has 1 fully saturated rings. The summed E-state index contributed by atoms with van der Waals surface area (Å²) >= 11 is 0. The summed E-state index contributed by atoms with van der Waals surface area (Å²) in [6, 6.07) is 21.5. The fourth-order valence-electron chi connectivity index (χ4n) is 3.28. The van der Waals surface area contributed by atoms with Crippen molar-refractivity contribution in [3.8, 4) is 0 Å². The van der Waals surface area contributed by atoms with E-state index in [-0.39, 0.29) is 6.04 Å². The summed E-state index contributed by atoms with van der Waals surface area (Å²) in [6.45, 7) is 6.56. The Labute approximate surface area is 139 Å². The molecule has 0 aliphatic carbocycles. The number of benzene rings is 2. The van der Waals surface area contributed by atoms with Crippen molar-refractivity contribution in [2.45, 2.75) is 19.0 Å². The molecule has 2 N–H and O–H groups in total. The fraction of sp³-hybridized carbons (Fsp3) is 0.400. The molecule has 23 heavy (non-hydrogen) atoms. The quantitative estimate of drug-likeness (QED) is 0.889. The van der Waals surface area contributed by atoms with Crippen LogP contribution in [0.25, 0.3) is 0 Å². The van der Waals surface area contributed by atoms with Gasteiger partial charge in [-0.2, -0.15) is 0 Å². The van der Waals surface area contributed by atoms with Crippen molar-refractivity contribution in [3.05, 3.63) is 71.8 Å². The second kappa shape index (κ2) is 8.25. The minimum atomic E-state index is 0.220. The van der Waals surface area contributed by atoms with Crippen molar-refractivity contribution in [1.29, 1.82) is 0 Å². The number of nitrogens with two attached hydrogens (primary N) is 1. The van der Waals surface area contributed by atoms with Gasteiger partial charge in [0.1, 0.15) is 0 Å². The standard InChI is InChI=1S/C20H27N3/c21-20(15-18-7-3-1-4-8-18)17-23-13-11-22(12-14-23)16-19-9-5-2-6-10-19/h1-10,20H,11-17,21H2/t20-/m0/s1. The highest BCUT2D eigenvalue weighted by molar-refractivity contribution is 5.16. The van der Waals surface area contributed by atoms with Gasteiger partial charge in [-0.25, -0.2) is 0 Å². The molecule has 0 aromatic heterocycles. The molecular weight excluding hydrogens is 282 g/mol. The van der Waals surface area contributed by atoms with Crippen LogP contribution < -0.4 is 5.73 Å². The molecule has 0 spiro atoms. The van der Waals surface area contributed by atoms with Gasteiger partial charge in [0, 0.05) is 45.3 Å². The summed E-state index contributed by atoms with van der Waals surface area (Å²) in [6.07, 6.45) is 0.963. The number of rotatable bonds is 6. The van der Waals surface area contributed by atoms with Crippen molar-refractivity contribution in [3.63, 3.8) is 0 Å². The summed E-state index contributed by atoms with van der Waals surface area (Å²) in [5.74, 6) is 0. The zero-order valence-electron chi connectivity index (χ0n) is 13.8. The van der Waals surface area contributed by atoms with Crippen LogP contribution in [0.4, 0.5) is 0 Å². The molecule has 3 nitrogen and oxygen atoms in total. The van der Waals surface area contributed by atoms with E-state index in [0.717, 1.165) is 45.7 Å². The second-order valence-electron chi connectivity index (χ2n) is 6.51. The third-order valence-corrected chi connectivity index (χ3v) is 4.55. The highest BCUT2D eigenvalue weighted by atomic mass is 15.3.